The lowest BCUT2D eigenvalue weighted by Crippen LogP contribution is -2.01. The van der Waals surface area contributed by atoms with E-state index in [1.54, 1.807) is 0 Å². The van der Waals surface area contributed by atoms with Gasteiger partial charge in [0, 0.05) is 83.3 Å². The van der Waals surface area contributed by atoms with Crippen LogP contribution in [-0.4, -0.2) is 24.1 Å². The molecule has 7 heteroatoms. The molecule has 0 unspecified atom stereocenters. The summed E-state index contributed by atoms with van der Waals surface area (Å²) < 4.78 is 17.7. The summed E-state index contributed by atoms with van der Waals surface area (Å²) >= 11 is 0. The summed E-state index contributed by atoms with van der Waals surface area (Å²) in [7, 11) is 0. The van der Waals surface area contributed by atoms with Crippen molar-refractivity contribution in [3.05, 3.63) is 224 Å². The first-order valence-electron chi connectivity index (χ1n) is 23.5. The van der Waals surface area contributed by atoms with Crippen LogP contribution in [0.5, 0.6) is 0 Å². The zero-order valence-corrected chi connectivity index (χ0v) is 37.4. The van der Waals surface area contributed by atoms with Gasteiger partial charge in [0.1, 0.15) is 22.3 Å². The van der Waals surface area contributed by atoms with Gasteiger partial charge in [-0.2, -0.15) is 0 Å². The fourth-order valence-electron chi connectivity index (χ4n) is 10.7. The van der Waals surface area contributed by atoms with Gasteiger partial charge in [-0.25, -0.2) is 15.0 Å². The number of hydrogen-bond acceptors (Lipinski definition) is 5. The van der Waals surface area contributed by atoms with E-state index in [2.05, 4.69) is 149 Å². The third-order valence-electron chi connectivity index (χ3n) is 13.9. The molecule has 15 rings (SSSR count). The Hall–Kier alpha value is -9.59. The number of benzene rings is 10. The van der Waals surface area contributed by atoms with Gasteiger partial charge < -0.3 is 18.0 Å². The van der Waals surface area contributed by atoms with Crippen LogP contribution in [0.15, 0.2) is 233 Å². The van der Waals surface area contributed by atoms with Crippen LogP contribution in [0.25, 0.3) is 144 Å². The van der Waals surface area contributed by atoms with Crippen molar-refractivity contribution in [1.29, 1.82) is 0 Å². The number of hydrogen-bond donors (Lipinski definition) is 0. The van der Waals surface area contributed by atoms with Gasteiger partial charge >= 0.3 is 0 Å². The molecule has 0 fully saturated rings. The Morgan fingerprint density at radius 3 is 1.19 bits per heavy atom. The van der Waals surface area contributed by atoms with Crippen molar-refractivity contribution >= 4 is 87.5 Å². The van der Waals surface area contributed by atoms with Crippen LogP contribution >= 0.6 is 0 Å². The van der Waals surface area contributed by atoms with Crippen LogP contribution in [0.4, 0.5) is 0 Å². The molecule has 0 atom stereocenters. The quantitative estimate of drug-likeness (QED) is 0.166. The molecular weight excluding hydrogens is 859 g/mol. The molecule has 0 aliphatic rings. The summed E-state index contributed by atoms with van der Waals surface area (Å²) in [5, 5.41) is 9.04. The van der Waals surface area contributed by atoms with Crippen molar-refractivity contribution in [1.82, 2.24) is 24.1 Å². The second-order valence-corrected chi connectivity index (χ2v) is 18.0. The first-order valence-corrected chi connectivity index (χ1v) is 23.5. The largest absolute Gasteiger partial charge is 0.456 e. The van der Waals surface area contributed by atoms with E-state index in [1.165, 1.54) is 10.8 Å². The molecule has 7 nitrogen and oxygen atoms in total. The molecule has 0 aliphatic heterocycles. The van der Waals surface area contributed by atoms with Crippen LogP contribution < -0.4 is 0 Å². The van der Waals surface area contributed by atoms with Crippen molar-refractivity contribution in [3.63, 3.8) is 0 Å². The highest BCUT2D eigenvalue weighted by atomic mass is 16.3. The van der Waals surface area contributed by atoms with E-state index in [4.69, 9.17) is 23.8 Å². The lowest BCUT2D eigenvalue weighted by molar-refractivity contribution is 0.669. The molecule has 10 aromatic carbocycles. The summed E-state index contributed by atoms with van der Waals surface area (Å²) in [6.07, 6.45) is 0. The van der Waals surface area contributed by atoms with E-state index in [0.717, 1.165) is 116 Å². The second kappa shape index (κ2) is 15.0. The summed E-state index contributed by atoms with van der Waals surface area (Å²) in [6, 6.07) is 78.7. The number of rotatable bonds is 6. The van der Waals surface area contributed by atoms with Gasteiger partial charge in [0.2, 0.25) is 0 Å². The maximum Gasteiger partial charge on any atom is 0.164 e. The predicted molar refractivity (Wildman–Crippen MR) is 285 cm³/mol. The zero-order chi connectivity index (χ0) is 45.9. The van der Waals surface area contributed by atoms with Gasteiger partial charge in [-0.1, -0.05) is 140 Å². The standard InChI is InChI=1S/C63H37N5O2/c1-4-15-38(16-5-1)61-64-62(39-17-6-2-7-18-39)66-63(65-61)42-19-14-22-44(31-42)68-54-30-28-41(33-48(54)50-35-52-46-24-11-13-26-58(46)70-60(52)37-56(50)68)40-27-29-53-47(32-40)49-34-51-45-23-10-12-25-57(45)69-59(51)36-55(49)67(53)43-20-8-3-9-21-43/h1-37H. The fourth-order valence-corrected chi connectivity index (χ4v) is 10.7. The molecular formula is C63H37N5O2. The van der Waals surface area contributed by atoms with Gasteiger partial charge in [-0.05, 0) is 83.9 Å². The van der Waals surface area contributed by atoms with E-state index < -0.39 is 0 Å². The van der Waals surface area contributed by atoms with Crippen molar-refractivity contribution in [2.24, 2.45) is 0 Å². The molecule has 0 amide bonds. The van der Waals surface area contributed by atoms with Crippen LogP contribution in [0.3, 0.4) is 0 Å². The Morgan fingerprint density at radius 1 is 0.243 bits per heavy atom. The maximum absolute atomic E-state index is 6.55. The van der Waals surface area contributed by atoms with E-state index in [-0.39, 0.29) is 0 Å². The van der Waals surface area contributed by atoms with E-state index in [9.17, 15) is 0 Å². The highest BCUT2D eigenvalue weighted by Crippen LogP contribution is 2.43. The number of fused-ring (bicyclic) bond motifs is 12. The molecule has 5 heterocycles. The third kappa shape index (κ3) is 5.91. The highest BCUT2D eigenvalue weighted by molar-refractivity contribution is 6.20. The van der Waals surface area contributed by atoms with Crippen molar-refractivity contribution in [2.75, 3.05) is 0 Å². The van der Waals surface area contributed by atoms with Gasteiger partial charge in [0.05, 0.1) is 22.1 Å². The lowest BCUT2D eigenvalue weighted by atomic mass is 10.00. The topological polar surface area (TPSA) is 74.8 Å². The highest BCUT2D eigenvalue weighted by Gasteiger charge is 2.21. The van der Waals surface area contributed by atoms with Crippen molar-refractivity contribution in [2.45, 2.75) is 0 Å². The minimum atomic E-state index is 0.600. The average molecular weight is 896 g/mol. The molecule has 0 saturated heterocycles. The summed E-state index contributed by atoms with van der Waals surface area (Å²) in [4.78, 5) is 15.1. The molecule has 0 aliphatic carbocycles. The lowest BCUT2D eigenvalue weighted by Gasteiger charge is -2.12. The maximum atomic E-state index is 6.55. The van der Waals surface area contributed by atoms with Crippen molar-refractivity contribution in [3.8, 4) is 56.7 Å². The summed E-state index contributed by atoms with van der Waals surface area (Å²) in [5.74, 6) is 1.85. The minimum Gasteiger partial charge on any atom is -0.456 e. The van der Waals surface area contributed by atoms with E-state index in [0.29, 0.717) is 17.5 Å². The van der Waals surface area contributed by atoms with E-state index >= 15 is 0 Å². The molecule has 0 radical (unpaired) electrons. The smallest absolute Gasteiger partial charge is 0.164 e. The Kier molecular flexibility index (Phi) is 8.23. The average Bonchev–Trinajstić information content (AvgIpc) is 4.17. The normalized spacial score (nSPS) is 12.0. The van der Waals surface area contributed by atoms with Crippen molar-refractivity contribution < 1.29 is 8.83 Å². The molecule has 70 heavy (non-hydrogen) atoms. The van der Waals surface area contributed by atoms with Gasteiger partial charge in [-0.3, -0.25) is 0 Å². The summed E-state index contributed by atoms with van der Waals surface area (Å²) in [6.45, 7) is 0. The Morgan fingerprint density at radius 2 is 0.657 bits per heavy atom. The monoisotopic (exact) mass is 895 g/mol. The molecule has 15 aromatic rings. The SMILES string of the molecule is c1ccc(-c2nc(-c3ccccc3)nc(-c3cccc(-n4c5ccc(-c6ccc7c(c6)c6cc8c(cc6n7-c6ccccc6)oc6ccccc68)cc5c5cc6c(cc54)oc4ccccc46)c3)n2)cc1. The third-order valence-corrected chi connectivity index (χ3v) is 13.9. The Balaban J connectivity index is 0.940. The second-order valence-electron chi connectivity index (χ2n) is 18.0. The van der Waals surface area contributed by atoms with E-state index in [1.807, 2.05) is 84.9 Å². The minimum absolute atomic E-state index is 0.600. The molecule has 0 saturated carbocycles. The molecule has 326 valence electrons. The van der Waals surface area contributed by atoms with Crippen LogP contribution in [0.1, 0.15) is 0 Å². The Labute approximate surface area is 399 Å². The first-order chi connectivity index (χ1) is 34.7. The zero-order valence-electron chi connectivity index (χ0n) is 37.4. The summed E-state index contributed by atoms with van der Waals surface area (Å²) in [5.41, 5.74) is 14.9. The number of nitrogens with zero attached hydrogens (tertiary/aromatic N) is 5. The Bertz CT molecular complexity index is 4530. The molecule has 0 bridgehead atoms. The van der Waals surface area contributed by atoms with Gasteiger partial charge in [-0.15, -0.1) is 0 Å². The number of aromatic nitrogens is 5. The van der Waals surface area contributed by atoms with Gasteiger partial charge in [0.25, 0.3) is 0 Å². The number of para-hydroxylation sites is 3. The first kappa shape index (κ1) is 38.5. The predicted octanol–water partition coefficient (Wildman–Crippen LogP) is 16.5. The fraction of sp³-hybridized carbons (Fsp3) is 0. The molecule has 5 aromatic heterocycles. The van der Waals surface area contributed by atoms with Crippen LogP contribution in [-0.2, 0) is 0 Å². The van der Waals surface area contributed by atoms with Crippen LogP contribution in [0, 0.1) is 0 Å². The number of furan rings is 2. The molecule has 0 spiro atoms. The van der Waals surface area contributed by atoms with Gasteiger partial charge in [0.15, 0.2) is 17.5 Å². The van der Waals surface area contributed by atoms with Crippen LogP contribution in [0.2, 0.25) is 0 Å². The molecule has 0 N–H and O–H groups in total.